The Hall–Kier alpha value is -1.13. The van der Waals surface area contributed by atoms with E-state index in [0.29, 0.717) is 25.6 Å². The van der Waals surface area contributed by atoms with Crippen LogP contribution in [0.2, 0.25) is 0 Å². The smallest absolute Gasteiger partial charge is 0.256 e. The van der Waals surface area contributed by atoms with Gasteiger partial charge in [0.05, 0.1) is 5.56 Å². The monoisotopic (exact) mass is 272 g/mol. The number of hydrogen-bond acceptors (Lipinski definition) is 2. The molecule has 0 aromatic heterocycles. The molecule has 1 aliphatic rings. The van der Waals surface area contributed by atoms with Crippen molar-refractivity contribution in [2.24, 2.45) is 11.7 Å². The molecular formula is C13H18ClFN2O. The Bertz CT molecular complexity index is 406. The number of nitrogens with two attached hydrogens (primary N) is 1. The lowest BCUT2D eigenvalue weighted by atomic mass is 9.96. The van der Waals surface area contributed by atoms with Gasteiger partial charge in [0.2, 0.25) is 0 Å². The van der Waals surface area contributed by atoms with Crippen LogP contribution in [0.25, 0.3) is 0 Å². The molecule has 1 amide bonds. The lowest BCUT2D eigenvalue weighted by molar-refractivity contribution is 0.0688. The van der Waals surface area contributed by atoms with E-state index < -0.39 is 5.82 Å². The third-order valence-electron chi connectivity index (χ3n) is 3.34. The van der Waals surface area contributed by atoms with Gasteiger partial charge in [-0.15, -0.1) is 12.4 Å². The summed E-state index contributed by atoms with van der Waals surface area (Å²) in [6, 6.07) is 6.13. The van der Waals surface area contributed by atoms with Gasteiger partial charge in [0.1, 0.15) is 5.82 Å². The molecule has 0 unspecified atom stereocenters. The minimum atomic E-state index is -0.446. The molecule has 18 heavy (non-hydrogen) atoms. The van der Waals surface area contributed by atoms with Crippen LogP contribution in [0, 0.1) is 11.7 Å². The van der Waals surface area contributed by atoms with Gasteiger partial charge in [-0.05, 0) is 37.4 Å². The van der Waals surface area contributed by atoms with Gasteiger partial charge in [0, 0.05) is 13.1 Å². The molecule has 1 aromatic carbocycles. The van der Waals surface area contributed by atoms with Crippen LogP contribution in [0.15, 0.2) is 24.3 Å². The zero-order valence-electron chi connectivity index (χ0n) is 10.1. The van der Waals surface area contributed by atoms with Gasteiger partial charge in [-0.2, -0.15) is 0 Å². The average Bonchev–Trinajstić information content (AvgIpc) is 2.39. The highest BCUT2D eigenvalue weighted by molar-refractivity contribution is 5.94. The standard InChI is InChI=1S/C13H17FN2O.ClH/c14-12-4-2-1-3-11(12)13(17)16-7-5-10(9-15)6-8-16;/h1-4,10H,5-9,15H2;1H. The third-order valence-corrected chi connectivity index (χ3v) is 3.34. The van der Waals surface area contributed by atoms with Gasteiger partial charge in [0.25, 0.3) is 5.91 Å². The molecule has 1 heterocycles. The lowest BCUT2D eigenvalue weighted by Gasteiger charge is -2.31. The van der Waals surface area contributed by atoms with E-state index in [2.05, 4.69) is 0 Å². The number of halogens is 2. The summed E-state index contributed by atoms with van der Waals surface area (Å²) < 4.78 is 13.5. The number of carbonyl (C=O) groups excluding carboxylic acids is 1. The van der Waals surface area contributed by atoms with E-state index in [4.69, 9.17) is 5.73 Å². The van der Waals surface area contributed by atoms with Crippen molar-refractivity contribution in [3.05, 3.63) is 35.6 Å². The van der Waals surface area contributed by atoms with Crippen LogP contribution >= 0.6 is 12.4 Å². The predicted molar refractivity (Wildman–Crippen MR) is 71.3 cm³/mol. The molecule has 2 N–H and O–H groups in total. The van der Waals surface area contributed by atoms with Crippen molar-refractivity contribution in [3.8, 4) is 0 Å². The maximum Gasteiger partial charge on any atom is 0.256 e. The molecule has 0 aliphatic carbocycles. The summed E-state index contributed by atoms with van der Waals surface area (Å²) in [5.41, 5.74) is 5.76. The molecular weight excluding hydrogens is 255 g/mol. The molecule has 2 rings (SSSR count). The third kappa shape index (κ3) is 3.21. The number of piperidine rings is 1. The van der Waals surface area contributed by atoms with E-state index in [9.17, 15) is 9.18 Å². The second kappa shape index (κ2) is 6.71. The van der Waals surface area contributed by atoms with Gasteiger partial charge in [0.15, 0.2) is 0 Å². The Morgan fingerprint density at radius 2 is 1.94 bits per heavy atom. The number of amides is 1. The molecule has 100 valence electrons. The first-order valence-corrected chi connectivity index (χ1v) is 5.96. The van der Waals surface area contributed by atoms with Crippen LogP contribution in [-0.4, -0.2) is 30.4 Å². The Balaban J connectivity index is 0.00000162. The summed E-state index contributed by atoms with van der Waals surface area (Å²) in [4.78, 5) is 13.8. The SMILES string of the molecule is Cl.NCC1CCN(C(=O)c2ccccc2F)CC1. The molecule has 5 heteroatoms. The van der Waals surface area contributed by atoms with Crippen molar-refractivity contribution in [2.75, 3.05) is 19.6 Å². The van der Waals surface area contributed by atoms with E-state index in [1.165, 1.54) is 12.1 Å². The molecule has 1 saturated heterocycles. The summed E-state index contributed by atoms with van der Waals surface area (Å²) in [7, 11) is 0. The fraction of sp³-hybridized carbons (Fsp3) is 0.462. The zero-order valence-corrected chi connectivity index (χ0v) is 11.0. The molecule has 0 atom stereocenters. The van der Waals surface area contributed by atoms with Crippen LogP contribution in [0.5, 0.6) is 0 Å². The quantitative estimate of drug-likeness (QED) is 0.896. The van der Waals surface area contributed by atoms with Crippen LogP contribution < -0.4 is 5.73 Å². The molecule has 0 bridgehead atoms. The highest BCUT2D eigenvalue weighted by atomic mass is 35.5. The van der Waals surface area contributed by atoms with E-state index in [1.807, 2.05) is 0 Å². The summed E-state index contributed by atoms with van der Waals surface area (Å²) in [6.07, 6.45) is 1.83. The lowest BCUT2D eigenvalue weighted by Crippen LogP contribution is -2.40. The number of nitrogens with zero attached hydrogens (tertiary/aromatic N) is 1. The Kier molecular flexibility index (Phi) is 5.56. The number of likely N-dealkylation sites (tertiary alicyclic amines) is 1. The van der Waals surface area contributed by atoms with Crippen molar-refractivity contribution in [1.29, 1.82) is 0 Å². The summed E-state index contributed by atoms with van der Waals surface area (Å²) in [6.45, 7) is 2.02. The van der Waals surface area contributed by atoms with Crippen molar-refractivity contribution < 1.29 is 9.18 Å². The highest BCUT2D eigenvalue weighted by Gasteiger charge is 2.24. The van der Waals surface area contributed by atoms with Gasteiger partial charge >= 0.3 is 0 Å². The van der Waals surface area contributed by atoms with E-state index in [-0.39, 0.29) is 23.9 Å². The van der Waals surface area contributed by atoms with Crippen molar-refractivity contribution in [2.45, 2.75) is 12.8 Å². The minimum Gasteiger partial charge on any atom is -0.339 e. The molecule has 1 aromatic rings. The molecule has 0 spiro atoms. The largest absolute Gasteiger partial charge is 0.339 e. The Morgan fingerprint density at radius 1 is 1.33 bits per heavy atom. The molecule has 0 radical (unpaired) electrons. The van der Waals surface area contributed by atoms with E-state index >= 15 is 0 Å². The highest BCUT2D eigenvalue weighted by Crippen LogP contribution is 2.19. The first-order valence-electron chi connectivity index (χ1n) is 5.96. The summed E-state index contributed by atoms with van der Waals surface area (Å²) in [5.74, 6) is -0.156. The van der Waals surface area contributed by atoms with Gasteiger partial charge in [-0.1, -0.05) is 12.1 Å². The molecule has 1 aliphatic heterocycles. The summed E-state index contributed by atoms with van der Waals surface area (Å²) >= 11 is 0. The van der Waals surface area contributed by atoms with Gasteiger partial charge < -0.3 is 10.6 Å². The Labute approximate surface area is 113 Å². The number of carbonyl (C=O) groups is 1. The fourth-order valence-electron chi connectivity index (χ4n) is 2.18. The average molecular weight is 273 g/mol. The first-order chi connectivity index (χ1) is 8.22. The molecule has 0 saturated carbocycles. The first kappa shape index (κ1) is 14.9. The fourth-order valence-corrected chi connectivity index (χ4v) is 2.18. The molecule has 1 fully saturated rings. The Morgan fingerprint density at radius 3 is 2.50 bits per heavy atom. The second-order valence-corrected chi connectivity index (χ2v) is 4.45. The van der Waals surface area contributed by atoms with Crippen LogP contribution in [-0.2, 0) is 0 Å². The topological polar surface area (TPSA) is 46.3 Å². The van der Waals surface area contributed by atoms with Crippen molar-refractivity contribution in [1.82, 2.24) is 4.90 Å². The number of rotatable bonds is 2. The maximum absolute atomic E-state index is 13.5. The van der Waals surface area contributed by atoms with Crippen LogP contribution in [0.1, 0.15) is 23.2 Å². The van der Waals surface area contributed by atoms with Crippen LogP contribution in [0.3, 0.4) is 0 Å². The predicted octanol–water partition coefficient (Wildman–Crippen LogP) is 2.06. The van der Waals surface area contributed by atoms with E-state index in [0.717, 1.165) is 12.8 Å². The maximum atomic E-state index is 13.5. The second-order valence-electron chi connectivity index (χ2n) is 4.45. The van der Waals surface area contributed by atoms with Gasteiger partial charge in [-0.25, -0.2) is 4.39 Å². The number of hydrogen-bond donors (Lipinski definition) is 1. The van der Waals surface area contributed by atoms with Crippen LogP contribution in [0.4, 0.5) is 4.39 Å². The van der Waals surface area contributed by atoms with Crippen molar-refractivity contribution >= 4 is 18.3 Å². The zero-order chi connectivity index (χ0) is 12.3. The summed E-state index contributed by atoms with van der Waals surface area (Å²) in [5, 5.41) is 0. The van der Waals surface area contributed by atoms with Crippen molar-refractivity contribution in [3.63, 3.8) is 0 Å². The number of benzene rings is 1. The minimum absolute atomic E-state index is 0. The molecule has 3 nitrogen and oxygen atoms in total. The van der Waals surface area contributed by atoms with Gasteiger partial charge in [-0.3, -0.25) is 4.79 Å². The normalized spacial score (nSPS) is 16.2. The van der Waals surface area contributed by atoms with E-state index in [1.54, 1.807) is 17.0 Å².